The molecule has 5 rings (SSSR count). The fourth-order valence-corrected chi connectivity index (χ4v) is 5.09. The van der Waals surface area contributed by atoms with E-state index in [9.17, 15) is 0 Å². The van der Waals surface area contributed by atoms with Crippen LogP contribution in [0.5, 0.6) is 0 Å². The number of thiazole rings is 1. The molecule has 1 aromatic heterocycles. The molecule has 0 amide bonds. The zero-order chi connectivity index (χ0) is 14.8. The van der Waals surface area contributed by atoms with E-state index in [4.69, 9.17) is 0 Å². The molecule has 106 valence electrons. The highest BCUT2D eigenvalue weighted by molar-refractivity contribution is 7.19. The standard InChI is InChI=1S/C20H16NS/c1-3-21-12(2)22-20-16-10-6-9-15-13-7-4-5-8-14(13)17(19(15)16)11-18(20)21/h4-11H,3H2,1-2H3/q+1. The average molecular weight is 302 g/mol. The lowest BCUT2D eigenvalue weighted by Crippen LogP contribution is -2.33. The van der Waals surface area contributed by atoms with E-state index in [0.29, 0.717) is 0 Å². The fraction of sp³-hybridized carbons (Fsp3) is 0.150. The summed E-state index contributed by atoms with van der Waals surface area (Å²) in [5.74, 6) is 0. The van der Waals surface area contributed by atoms with Crippen LogP contribution in [-0.4, -0.2) is 0 Å². The SMILES string of the molecule is CC[n+]1c(C)sc2c3cccc4c3c(cc21)-c1ccccc1-4. The normalized spacial score (nSPS) is 12.3. The summed E-state index contributed by atoms with van der Waals surface area (Å²) in [4.78, 5) is 0. The van der Waals surface area contributed by atoms with Crippen LogP contribution in [-0.2, 0) is 6.54 Å². The smallest absolute Gasteiger partial charge is 0.186 e. The number of benzene rings is 3. The van der Waals surface area contributed by atoms with E-state index < -0.39 is 0 Å². The summed E-state index contributed by atoms with van der Waals surface area (Å²) in [5, 5.41) is 4.22. The molecule has 0 unspecified atom stereocenters. The van der Waals surface area contributed by atoms with Gasteiger partial charge in [0.25, 0.3) is 0 Å². The molecule has 0 N–H and O–H groups in total. The quantitative estimate of drug-likeness (QED) is 0.369. The van der Waals surface area contributed by atoms with Crippen LogP contribution in [0.3, 0.4) is 0 Å². The summed E-state index contributed by atoms with van der Waals surface area (Å²) in [6, 6.07) is 17.9. The molecule has 0 saturated carbocycles. The maximum absolute atomic E-state index is 2.43. The van der Waals surface area contributed by atoms with Crippen molar-refractivity contribution < 1.29 is 4.57 Å². The minimum absolute atomic E-state index is 1.03. The molecule has 4 aromatic rings. The first-order valence-corrected chi connectivity index (χ1v) is 8.59. The van der Waals surface area contributed by atoms with Gasteiger partial charge in [0.05, 0.1) is 0 Å². The van der Waals surface area contributed by atoms with Crippen molar-refractivity contribution in [1.82, 2.24) is 0 Å². The third-order valence-corrected chi connectivity index (χ3v) is 5.99. The Morgan fingerprint density at radius 3 is 2.41 bits per heavy atom. The van der Waals surface area contributed by atoms with E-state index >= 15 is 0 Å². The summed E-state index contributed by atoms with van der Waals surface area (Å²) < 4.78 is 3.86. The van der Waals surface area contributed by atoms with Crippen molar-refractivity contribution in [1.29, 1.82) is 0 Å². The highest BCUT2D eigenvalue weighted by Gasteiger charge is 2.26. The van der Waals surface area contributed by atoms with Gasteiger partial charge in [0, 0.05) is 18.4 Å². The highest BCUT2D eigenvalue weighted by atomic mass is 32.1. The van der Waals surface area contributed by atoms with E-state index in [1.165, 1.54) is 48.3 Å². The zero-order valence-corrected chi connectivity index (χ0v) is 13.5. The number of aromatic nitrogens is 1. The Balaban J connectivity index is 2.07. The molecule has 1 aliphatic carbocycles. The van der Waals surface area contributed by atoms with E-state index in [1.54, 1.807) is 0 Å². The van der Waals surface area contributed by atoms with Gasteiger partial charge in [-0.05, 0) is 34.6 Å². The van der Waals surface area contributed by atoms with Crippen molar-refractivity contribution in [3.05, 3.63) is 53.5 Å². The molecule has 0 bridgehead atoms. The number of aryl methyl sites for hydroxylation is 2. The Labute approximate surface area is 133 Å². The van der Waals surface area contributed by atoms with Crippen LogP contribution in [0.1, 0.15) is 11.9 Å². The lowest BCUT2D eigenvalue weighted by Gasteiger charge is -2.02. The Kier molecular flexibility index (Phi) is 2.35. The molecule has 0 spiro atoms. The Hall–Kier alpha value is -2.19. The van der Waals surface area contributed by atoms with Gasteiger partial charge in [0.1, 0.15) is 11.2 Å². The van der Waals surface area contributed by atoms with Crippen molar-refractivity contribution in [3.8, 4) is 22.3 Å². The van der Waals surface area contributed by atoms with Gasteiger partial charge >= 0.3 is 0 Å². The van der Waals surface area contributed by atoms with Gasteiger partial charge in [0.2, 0.25) is 10.5 Å². The molecule has 0 radical (unpaired) electrons. The number of fused-ring (bicyclic) bond motifs is 5. The number of nitrogens with zero attached hydrogens (tertiary/aromatic N) is 1. The van der Waals surface area contributed by atoms with Crippen LogP contribution in [0.15, 0.2) is 48.5 Å². The second-order valence-electron chi connectivity index (χ2n) is 5.91. The first-order chi connectivity index (χ1) is 10.8. The van der Waals surface area contributed by atoms with E-state index in [1.807, 2.05) is 11.3 Å². The molecule has 0 fully saturated rings. The third-order valence-electron chi connectivity index (χ3n) is 4.84. The molecule has 0 saturated heterocycles. The monoisotopic (exact) mass is 302 g/mol. The van der Waals surface area contributed by atoms with Crippen molar-refractivity contribution in [3.63, 3.8) is 0 Å². The van der Waals surface area contributed by atoms with Crippen molar-refractivity contribution in [2.45, 2.75) is 20.4 Å². The summed E-state index contributed by atoms with van der Waals surface area (Å²) in [7, 11) is 0. The van der Waals surface area contributed by atoms with Crippen LogP contribution in [0.25, 0.3) is 43.2 Å². The molecule has 22 heavy (non-hydrogen) atoms. The van der Waals surface area contributed by atoms with Crippen LogP contribution in [0.4, 0.5) is 0 Å². The molecule has 0 aliphatic heterocycles. The molecule has 0 atom stereocenters. The first kappa shape index (κ1) is 12.4. The first-order valence-electron chi connectivity index (χ1n) is 7.78. The Morgan fingerprint density at radius 1 is 0.909 bits per heavy atom. The Morgan fingerprint density at radius 2 is 1.64 bits per heavy atom. The van der Waals surface area contributed by atoms with Gasteiger partial charge in [-0.25, -0.2) is 0 Å². The van der Waals surface area contributed by atoms with E-state index in [0.717, 1.165) is 6.54 Å². The largest absolute Gasteiger partial charge is 0.235 e. The number of rotatable bonds is 1. The van der Waals surface area contributed by atoms with Gasteiger partial charge in [-0.2, -0.15) is 4.57 Å². The third kappa shape index (κ3) is 1.36. The average Bonchev–Trinajstić information content (AvgIpc) is 3.05. The van der Waals surface area contributed by atoms with Crippen molar-refractivity contribution in [2.75, 3.05) is 0 Å². The minimum Gasteiger partial charge on any atom is -0.186 e. The maximum atomic E-state index is 2.43. The van der Waals surface area contributed by atoms with Gasteiger partial charge in [-0.1, -0.05) is 53.8 Å². The Bertz CT molecular complexity index is 1070. The summed E-state index contributed by atoms with van der Waals surface area (Å²) in [6.07, 6.45) is 0. The molecular weight excluding hydrogens is 286 g/mol. The predicted molar refractivity (Wildman–Crippen MR) is 94.4 cm³/mol. The van der Waals surface area contributed by atoms with E-state index in [-0.39, 0.29) is 0 Å². The molecule has 1 nitrogen and oxygen atoms in total. The topological polar surface area (TPSA) is 3.88 Å². The lowest BCUT2D eigenvalue weighted by molar-refractivity contribution is -0.669. The zero-order valence-electron chi connectivity index (χ0n) is 12.7. The molecule has 3 aromatic carbocycles. The van der Waals surface area contributed by atoms with Crippen LogP contribution in [0.2, 0.25) is 0 Å². The fourth-order valence-electron chi connectivity index (χ4n) is 3.91. The van der Waals surface area contributed by atoms with Gasteiger partial charge < -0.3 is 0 Å². The molecular formula is C20H16NS+. The minimum atomic E-state index is 1.03. The van der Waals surface area contributed by atoms with Crippen LogP contribution >= 0.6 is 11.3 Å². The molecule has 1 heterocycles. The van der Waals surface area contributed by atoms with Gasteiger partial charge in [-0.15, -0.1) is 0 Å². The van der Waals surface area contributed by atoms with Gasteiger partial charge in [-0.3, -0.25) is 0 Å². The van der Waals surface area contributed by atoms with E-state index in [2.05, 4.69) is 66.9 Å². The predicted octanol–water partition coefficient (Wildman–Crippen LogP) is 5.32. The summed E-state index contributed by atoms with van der Waals surface area (Å²) in [5.41, 5.74) is 6.91. The van der Waals surface area contributed by atoms with Gasteiger partial charge in [0.15, 0.2) is 0 Å². The number of hydrogen-bond donors (Lipinski definition) is 0. The second-order valence-corrected chi connectivity index (χ2v) is 7.11. The lowest BCUT2D eigenvalue weighted by atomic mass is 10.0. The second kappa shape index (κ2) is 4.17. The van der Waals surface area contributed by atoms with Crippen molar-refractivity contribution in [2.24, 2.45) is 0 Å². The number of hydrogen-bond acceptors (Lipinski definition) is 1. The molecule has 1 aliphatic rings. The highest BCUT2D eigenvalue weighted by Crippen LogP contribution is 2.49. The molecule has 2 heteroatoms. The van der Waals surface area contributed by atoms with Crippen LogP contribution in [0, 0.1) is 6.92 Å². The van der Waals surface area contributed by atoms with Crippen LogP contribution < -0.4 is 4.57 Å². The summed E-state index contributed by atoms with van der Waals surface area (Å²) in [6.45, 7) is 5.48. The van der Waals surface area contributed by atoms with Crippen molar-refractivity contribution >= 4 is 32.3 Å². The summed E-state index contributed by atoms with van der Waals surface area (Å²) >= 11 is 1.92. The maximum Gasteiger partial charge on any atom is 0.235 e.